The lowest BCUT2D eigenvalue weighted by molar-refractivity contribution is 0.594. The molecular weight excluding hydrogens is 262 g/mol. The Morgan fingerprint density at radius 2 is 1.86 bits per heavy atom. The molecule has 0 aliphatic carbocycles. The fourth-order valence-electron chi connectivity index (χ4n) is 2.30. The smallest absolute Gasteiger partial charge is 0.184 e. The Morgan fingerprint density at radius 3 is 2.67 bits per heavy atom. The van der Waals surface area contributed by atoms with Crippen molar-refractivity contribution in [1.29, 1.82) is 0 Å². The van der Waals surface area contributed by atoms with Crippen LogP contribution in [0.25, 0.3) is 11.4 Å². The standard InChI is InChI=1S/C16H17N5/c1-12-6-5-9-14(15(12)17)16-18-19-20-21(16)11-10-13-7-3-2-4-8-13/h2-9H,10-11,17H2,1H3. The molecule has 2 N–H and O–H groups in total. The van der Waals surface area contributed by atoms with E-state index in [1.54, 1.807) is 4.68 Å². The number of nitrogens with two attached hydrogens (primary N) is 1. The molecule has 3 rings (SSSR count). The minimum Gasteiger partial charge on any atom is -0.398 e. The number of nitrogens with zero attached hydrogens (tertiary/aromatic N) is 4. The molecule has 0 spiro atoms. The molecule has 0 aliphatic rings. The summed E-state index contributed by atoms with van der Waals surface area (Å²) in [4.78, 5) is 0. The largest absolute Gasteiger partial charge is 0.398 e. The second-order valence-corrected chi connectivity index (χ2v) is 5.00. The van der Waals surface area contributed by atoms with Crippen LogP contribution in [0.5, 0.6) is 0 Å². The Hall–Kier alpha value is -2.69. The van der Waals surface area contributed by atoms with Gasteiger partial charge in [-0.1, -0.05) is 42.5 Å². The van der Waals surface area contributed by atoms with Crippen molar-refractivity contribution in [2.45, 2.75) is 19.9 Å². The molecule has 0 saturated heterocycles. The lowest BCUT2D eigenvalue weighted by atomic mass is 10.1. The summed E-state index contributed by atoms with van der Waals surface area (Å²) < 4.78 is 1.80. The minimum absolute atomic E-state index is 0.715. The fraction of sp³-hybridized carbons (Fsp3) is 0.188. The molecule has 0 amide bonds. The Labute approximate surface area is 123 Å². The molecule has 0 bridgehead atoms. The zero-order valence-electron chi connectivity index (χ0n) is 11.9. The zero-order valence-corrected chi connectivity index (χ0v) is 11.9. The summed E-state index contributed by atoms with van der Waals surface area (Å²) >= 11 is 0. The molecule has 21 heavy (non-hydrogen) atoms. The van der Waals surface area contributed by atoms with Crippen LogP contribution in [-0.2, 0) is 13.0 Å². The predicted molar refractivity (Wildman–Crippen MR) is 82.5 cm³/mol. The van der Waals surface area contributed by atoms with Crippen LogP contribution in [0.4, 0.5) is 5.69 Å². The number of tetrazole rings is 1. The van der Waals surface area contributed by atoms with Crippen molar-refractivity contribution in [1.82, 2.24) is 20.2 Å². The average Bonchev–Trinajstić information content (AvgIpc) is 2.97. The van der Waals surface area contributed by atoms with E-state index in [2.05, 4.69) is 27.7 Å². The fourth-order valence-corrected chi connectivity index (χ4v) is 2.30. The summed E-state index contributed by atoms with van der Waals surface area (Å²) in [6.45, 7) is 2.71. The van der Waals surface area contributed by atoms with Crippen LogP contribution in [0, 0.1) is 6.92 Å². The number of aryl methyl sites for hydroxylation is 3. The van der Waals surface area contributed by atoms with Gasteiger partial charge in [-0.15, -0.1) is 5.10 Å². The average molecular weight is 279 g/mol. The summed E-state index contributed by atoms with van der Waals surface area (Å²) in [5, 5.41) is 12.0. The van der Waals surface area contributed by atoms with Gasteiger partial charge in [-0.3, -0.25) is 0 Å². The van der Waals surface area contributed by atoms with Crippen LogP contribution in [0.15, 0.2) is 48.5 Å². The van der Waals surface area contributed by atoms with Crippen LogP contribution in [0.1, 0.15) is 11.1 Å². The second-order valence-electron chi connectivity index (χ2n) is 5.00. The molecule has 3 aromatic rings. The maximum Gasteiger partial charge on any atom is 0.184 e. The molecule has 0 atom stereocenters. The molecule has 1 aromatic heterocycles. The molecule has 0 saturated carbocycles. The van der Waals surface area contributed by atoms with E-state index in [9.17, 15) is 0 Å². The lowest BCUT2D eigenvalue weighted by Gasteiger charge is -2.08. The van der Waals surface area contributed by atoms with E-state index in [-0.39, 0.29) is 0 Å². The molecule has 5 heteroatoms. The van der Waals surface area contributed by atoms with Crippen LogP contribution in [-0.4, -0.2) is 20.2 Å². The monoisotopic (exact) mass is 279 g/mol. The number of aromatic nitrogens is 4. The van der Waals surface area contributed by atoms with E-state index in [4.69, 9.17) is 5.73 Å². The van der Waals surface area contributed by atoms with Gasteiger partial charge >= 0.3 is 0 Å². The highest BCUT2D eigenvalue weighted by atomic mass is 15.5. The van der Waals surface area contributed by atoms with Crippen molar-refractivity contribution >= 4 is 5.69 Å². The first kappa shape index (κ1) is 13.3. The molecule has 5 nitrogen and oxygen atoms in total. The van der Waals surface area contributed by atoms with Gasteiger partial charge in [0, 0.05) is 17.8 Å². The number of para-hydroxylation sites is 1. The molecular formula is C16H17N5. The predicted octanol–water partition coefficient (Wildman–Crippen LogP) is 2.47. The minimum atomic E-state index is 0.715. The summed E-state index contributed by atoms with van der Waals surface area (Å²) in [5.74, 6) is 0.715. The van der Waals surface area contributed by atoms with Crippen LogP contribution < -0.4 is 5.73 Å². The number of hydrogen-bond donors (Lipinski definition) is 1. The molecule has 0 unspecified atom stereocenters. The van der Waals surface area contributed by atoms with Gasteiger partial charge in [0.1, 0.15) is 0 Å². The van der Waals surface area contributed by atoms with Crippen molar-refractivity contribution in [2.24, 2.45) is 0 Å². The summed E-state index contributed by atoms with van der Waals surface area (Å²) in [5.41, 5.74) is 10.0. The maximum atomic E-state index is 6.14. The van der Waals surface area contributed by atoms with Crippen LogP contribution in [0.2, 0.25) is 0 Å². The summed E-state index contributed by atoms with van der Waals surface area (Å²) in [6.07, 6.45) is 0.880. The third kappa shape index (κ3) is 2.76. The third-order valence-electron chi connectivity index (χ3n) is 3.55. The van der Waals surface area contributed by atoms with Gasteiger partial charge in [0.2, 0.25) is 0 Å². The van der Waals surface area contributed by atoms with E-state index in [0.717, 1.165) is 29.8 Å². The number of benzene rings is 2. The van der Waals surface area contributed by atoms with Gasteiger partial charge < -0.3 is 5.73 Å². The highest BCUT2D eigenvalue weighted by Gasteiger charge is 2.12. The molecule has 0 radical (unpaired) electrons. The number of rotatable bonds is 4. The first-order chi connectivity index (χ1) is 10.3. The Balaban J connectivity index is 1.86. The summed E-state index contributed by atoms with van der Waals surface area (Å²) in [7, 11) is 0. The van der Waals surface area contributed by atoms with Gasteiger partial charge in [0.05, 0.1) is 0 Å². The van der Waals surface area contributed by atoms with Gasteiger partial charge in [0.25, 0.3) is 0 Å². The third-order valence-corrected chi connectivity index (χ3v) is 3.55. The molecule has 0 aliphatic heterocycles. The Bertz CT molecular complexity index is 733. The zero-order chi connectivity index (χ0) is 14.7. The molecule has 1 heterocycles. The molecule has 2 aromatic carbocycles. The van der Waals surface area contributed by atoms with Crippen LogP contribution in [0.3, 0.4) is 0 Å². The quantitative estimate of drug-likeness (QED) is 0.745. The highest BCUT2D eigenvalue weighted by molar-refractivity contribution is 5.73. The lowest BCUT2D eigenvalue weighted by Crippen LogP contribution is -2.07. The molecule has 0 fully saturated rings. The maximum absolute atomic E-state index is 6.14. The topological polar surface area (TPSA) is 69.6 Å². The van der Waals surface area contributed by atoms with Gasteiger partial charge in [-0.05, 0) is 41.0 Å². The van der Waals surface area contributed by atoms with Crippen LogP contribution >= 0.6 is 0 Å². The number of nitrogen functional groups attached to an aromatic ring is 1. The van der Waals surface area contributed by atoms with Crippen molar-refractivity contribution in [3.63, 3.8) is 0 Å². The van der Waals surface area contributed by atoms with Crippen molar-refractivity contribution in [3.8, 4) is 11.4 Å². The van der Waals surface area contributed by atoms with E-state index in [0.29, 0.717) is 5.82 Å². The van der Waals surface area contributed by atoms with Gasteiger partial charge in [-0.2, -0.15) is 0 Å². The van der Waals surface area contributed by atoms with Crippen molar-refractivity contribution in [2.75, 3.05) is 5.73 Å². The SMILES string of the molecule is Cc1cccc(-c2nnnn2CCc2ccccc2)c1N. The highest BCUT2D eigenvalue weighted by Crippen LogP contribution is 2.26. The van der Waals surface area contributed by atoms with Gasteiger partial charge in [0.15, 0.2) is 5.82 Å². The van der Waals surface area contributed by atoms with E-state index in [1.807, 2.05) is 43.3 Å². The second kappa shape index (κ2) is 5.75. The number of anilines is 1. The first-order valence-corrected chi connectivity index (χ1v) is 6.91. The van der Waals surface area contributed by atoms with Gasteiger partial charge in [-0.25, -0.2) is 4.68 Å². The van der Waals surface area contributed by atoms with Crippen molar-refractivity contribution in [3.05, 3.63) is 59.7 Å². The van der Waals surface area contributed by atoms with E-state index >= 15 is 0 Å². The normalized spacial score (nSPS) is 10.7. The summed E-state index contributed by atoms with van der Waals surface area (Å²) in [6, 6.07) is 16.2. The number of hydrogen-bond acceptors (Lipinski definition) is 4. The Kier molecular flexibility index (Phi) is 3.64. The van der Waals surface area contributed by atoms with E-state index in [1.165, 1.54) is 5.56 Å². The van der Waals surface area contributed by atoms with E-state index < -0.39 is 0 Å². The molecule has 106 valence electrons. The Morgan fingerprint density at radius 1 is 1.05 bits per heavy atom. The first-order valence-electron chi connectivity index (χ1n) is 6.91. The van der Waals surface area contributed by atoms with Crippen molar-refractivity contribution < 1.29 is 0 Å².